The molecule has 3 N–H and O–H groups in total. The first kappa shape index (κ1) is 38.1. The highest BCUT2D eigenvalue weighted by Crippen LogP contribution is 2.38. The molecular weight excluding hydrogens is 867 g/mol. The minimum Gasteiger partial charge on any atom is -0.395 e. The van der Waals surface area contributed by atoms with Gasteiger partial charge >= 0.3 is 5.79 Å². The first-order chi connectivity index (χ1) is 23.9. The number of aryl methyl sites for hydroxylation is 2. The Balaban J connectivity index is 1.54. The minimum absolute atomic E-state index is 0.123. The third kappa shape index (κ3) is 9.37. The largest absolute Gasteiger partial charge is 0.398 e. The Bertz CT molecular complexity index is 1680. The number of benzene rings is 2. The average molecular weight is 910 g/mol. The van der Waals surface area contributed by atoms with Gasteiger partial charge in [-0.15, -0.1) is 0 Å². The van der Waals surface area contributed by atoms with E-state index in [9.17, 15) is 20.0 Å². The summed E-state index contributed by atoms with van der Waals surface area (Å²) in [6.07, 6.45) is 7.05. The molecule has 14 heteroatoms. The lowest BCUT2D eigenvalue weighted by molar-refractivity contribution is -0.573. The number of hydrogen-bond acceptors (Lipinski definition) is 9. The number of β-amino-alcohol motifs (C(OH)–C–C–N with tert-alkyl or cyclic N) is 1. The molecule has 11 nitrogen and oxygen atoms in total. The molecule has 1 amide bonds. The Morgan fingerprint density at radius 1 is 0.960 bits per heavy atom. The summed E-state index contributed by atoms with van der Waals surface area (Å²) < 4.78 is 18.2. The molecule has 0 bridgehead atoms. The Morgan fingerprint density at radius 3 is 2.04 bits per heavy atom. The van der Waals surface area contributed by atoms with Gasteiger partial charge in [0.2, 0.25) is 0 Å². The van der Waals surface area contributed by atoms with Gasteiger partial charge in [0.05, 0.1) is 17.1 Å². The van der Waals surface area contributed by atoms with E-state index in [1.807, 2.05) is 62.4 Å². The number of nitrogens with one attached hydrogen (secondary N) is 2. The number of piperazine rings is 1. The molecule has 0 spiro atoms. The number of alkyl halides is 1. The van der Waals surface area contributed by atoms with E-state index in [0.29, 0.717) is 30.9 Å². The zero-order valence-electron chi connectivity index (χ0n) is 28.1. The Hall–Kier alpha value is -3.19. The van der Waals surface area contributed by atoms with Gasteiger partial charge in [0.25, 0.3) is 5.91 Å². The number of amides is 1. The van der Waals surface area contributed by atoms with Crippen LogP contribution in [0.25, 0.3) is 0 Å². The van der Waals surface area contributed by atoms with Gasteiger partial charge in [0.15, 0.2) is 5.66 Å². The molecule has 1 aliphatic carbocycles. The predicted molar refractivity (Wildman–Crippen MR) is 210 cm³/mol. The fraction of sp³-hybridized carbons (Fsp3) is 0.389. The summed E-state index contributed by atoms with van der Waals surface area (Å²) >= 11 is 4.45. The lowest BCUT2D eigenvalue weighted by atomic mass is 9.87. The van der Waals surface area contributed by atoms with Crippen molar-refractivity contribution in [3.05, 3.63) is 119 Å². The van der Waals surface area contributed by atoms with Crippen molar-refractivity contribution >= 4 is 62.5 Å². The molecule has 5 rings (SSSR count). The van der Waals surface area contributed by atoms with Crippen LogP contribution in [0.3, 0.4) is 0 Å². The summed E-state index contributed by atoms with van der Waals surface area (Å²) in [4.78, 5) is 36.4. The van der Waals surface area contributed by atoms with Crippen LogP contribution in [0.5, 0.6) is 0 Å². The molecule has 0 saturated carbocycles. The Morgan fingerprint density at radius 2 is 1.52 bits per heavy atom. The summed E-state index contributed by atoms with van der Waals surface area (Å²) in [7, 11) is 0. The van der Waals surface area contributed by atoms with Gasteiger partial charge in [-0.25, -0.2) is 0 Å². The Labute approximate surface area is 319 Å². The molecule has 3 aromatic rings. The Kier molecular flexibility index (Phi) is 12.8. The van der Waals surface area contributed by atoms with Crippen molar-refractivity contribution in [3.63, 3.8) is 0 Å². The fourth-order valence-corrected chi connectivity index (χ4v) is 7.54. The van der Waals surface area contributed by atoms with Crippen LogP contribution in [-0.4, -0.2) is 99.5 Å². The quantitative estimate of drug-likeness (QED) is 0.0474. The van der Waals surface area contributed by atoms with Crippen LogP contribution in [0, 0.1) is 31.1 Å². The van der Waals surface area contributed by atoms with E-state index in [-0.39, 0.29) is 18.7 Å². The van der Waals surface area contributed by atoms with E-state index in [4.69, 9.17) is 0 Å². The van der Waals surface area contributed by atoms with E-state index >= 15 is 4.39 Å². The average Bonchev–Trinajstić information content (AvgIpc) is 3.09. The highest BCUT2D eigenvalue weighted by Gasteiger charge is 2.50. The van der Waals surface area contributed by atoms with Crippen LogP contribution in [0.4, 0.5) is 15.8 Å². The van der Waals surface area contributed by atoms with Crippen LogP contribution >= 0.6 is 45.2 Å². The summed E-state index contributed by atoms with van der Waals surface area (Å²) in [5, 5.41) is 28.4. The first-order valence-corrected chi connectivity index (χ1v) is 18.7. The second-order valence-electron chi connectivity index (χ2n) is 12.7. The zero-order chi connectivity index (χ0) is 35.9. The third-order valence-electron chi connectivity index (χ3n) is 9.08. The number of carbonyl (C=O) groups is 1. The summed E-state index contributed by atoms with van der Waals surface area (Å²) in [5.41, 5.74) is 2.27. The molecule has 1 saturated heterocycles. The van der Waals surface area contributed by atoms with E-state index in [1.165, 1.54) is 6.08 Å². The summed E-state index contributed by atoms with van der Waals surface area (Å²) in [5.74, 6) is -3.63. The number of hydrogen-bond donors (Lipinski definition) is 3. The number of aliphatic hydroxyl groups excluding tert-OH is 1. The SMILES string of the molecule is Cc1cc(I)ccc1NC1(Nc2ccc(I)cc2C)C=CC(F)([N+](=O)[O-])C=C1C(=O)N(CCCN1CCN(CCO)CC1)Cc1ccncc1. The van der Waals surface area contributed by atoms with Crippen LogP contribution in [0.1, 0.15) is 23.1 Å². The maximum absolute atomic E-state index is 16.1. The van der Waals surface area contributed by atoms with Crippen molar-refractivity contribution < 1.29 is 19.2 Å². The number of nitro groups is 1. The van der Waals surface area contributed by atoms with Crippen molar-refractivity contribution in [1.29, 1.82) is 0 Å². The molecule has 1 unspecified atom stereocenters. The first-order valence-electron chi connectivity index (χ1n) is 16.5. The van der Waals surface area contributed by atoms with Gasteiger partial charge in [0, 0.05) is 88.9 Å². The van der Waals surface area contributed by atoms with Gasteiger partial charge in [-0.05, 0) is 143 Å². The number of halogens is 3. The monoisotopic (exact) mass is 909 g/mol. The standard InChI is InChI=1S/C36H42FI2N7O4/c1-26-22-29(38)4-6-32(26)41-36(42-33-7-5-30(39)23-27(33)2)11-10-35(37,46(49)50)24-31(36)34(48)45(25-28-8-12-40-13-9-28)15-3-14-43-16-18-44(19-17-43)20-21-47/h4-13,22-24,41-42,47H,3,14-21,25H2,1-2H3. The smallest absolute Gasteiger partial charge is 0.395 e. The van der Waals surface area contributed by atoms with Crippen LogP contribution in [-0.2, 0) is 11.3 Å². The third-order valence-corrected chi connectivity index (χ3v) is 10.4. The molecule has 266 valence electrons. The van der Waals surface area contributed by atoms with Crippen molar-refractivity contribution in [2.24, 2.45) is 0 Å². The number of rotatable bonds is 14. The van der Waals surface area contributed by atoms with E-state index < -0.39 is 22.3 Å². The maximum atomic E-state index is 16.1. The normalized spacial score (nSPS) is 19.1. The molecule has 1 atom stereocenters. The fourth-order valence-electron chi connectivity index (χ4n) is 6.24. The van der Waals surface area contributed by atoms with Gasteiger partial charge in [-0.1, -0.05) is 0 Å². The summed E-state index contributed by atoms with van der Waals surface area (Å²) in [6, 6.07) is 15.2. The lowest BCUT2D eigenvalue weighted by Crippen LogP contribution is -2.55. The maximum Gasteiger partial charge on any atom is 0.398 e. The summed E-state index contributed by atoms with van der Waals surface area (Å²) in [6.45, 7) is 9.33. The molecule has 2 aliphatic rings. The molecular formula is C36H42FI2N7O4. The predicted octanol–water partition coefficient (Wildman–Crippen LogP) is 5.60. The van der Waals surface area contributed by atoms with Crippen molar-refractivity contribution in [1.82, 2.24) is 19.7 Å². The number of carbonyl (C=O) groups excluding carboxylic acids is 1. The topological polar surface area (TPSA) is 127 Å². The number of aromatic nitrogens is 1. The van der Waals surface area contributed by atoms with Crippen molar-refractivity contribution in [3.8, 4) is 0 Å². The molecule has 1 aromatic heterocycles. The van der Waals surface area contributed by atoms with Gasteiger partial charge in [0.1, 0.15) is 0 Å². The van der Waals surface area contributed by atoms with E-state index in [0.717, 1.165) is 68.7 Å². The van der Waals surface area contributed by atoms with Gasteiger partial charge < -0.3 is 25.5 Å². The van der Waals surface area contributed by atoms with Crippen molar-refractivity contribution in [2.75, 3.05) is 63.1 Å². The minimum atomic E-state index is -3.10. The number of anilines is 2. The van der Waals surface area contributed by atoms with Crippen molar-refractivity contribution in [2.45, 2.75) is 38.3 Å². The van der Waals surface area contributed by atoms with Gasteiger partial charge in [-0.2, -0.15) is 4.39 Å². The van der Waals surface area contributed by atoms with E-state index in [1.54, 1.807) is 17.3 Å². The van der Waals surface area contributed by atoms with Crippen LogP contribution in [0.15, 0.2) is 84.7 Å². The molecule has 2 heterocycles. The second kappa shape index (κ2) is 16.9. The number of nitrogens with zero attached hydrogens (tertiary/aromatic N) is 5. The lowest BCUT2D eigenvalue weighted by Gasteiger charge is -2.41. The molecule has 50 heavy (non-hydrogen) atoms. The van der Waals surface area contributed by atoms with Crippen LogP contribution in [0.2, 0.25) is 0 Å². The molecule has 1 aliphatic heterocycles. The highest BCUT2D eigenvalue weighted by molar-refractivity contribution is 14.1. The van der Waals surface area contributed by atoms with Crippen LogP contribution < -0.4 is 10.6 Å². The highest BCUT2D eigenvalue weighted by atomic mass is 127. The molecule has 2 aromatic carbocycles. The second-order valence-corrected chi connectivity index (χ2v) is 15.2. The van der Waals surface area contributed by atoms with Gasteiger partial charge in [-0.3, -0.25) is 24.8 Å². The zero-order valence-corrected chi connectivity index (χ0v) is 32.4. The molecule has 0 radical (unpaired) electrons. The number of pyridine rings is 1. The molecule has 1 fully saturated rings. The number of aliphatic hydroxyl groups is 1. The van der Waals surface area contributed by atoms with E-state index in [2.05, 4.69) is 70.6 Å².